The van der Waals surface area contributed by atoms with Crippen molar-refractivity contribution in [3.63, 3.8) is 0 Å². The van der Waals surface area contributed by atoms with Crippen LogP contribution in [0, 0.1) is 5.95 Å². The summed E-state index contributed by atoms with van der Waals surface area (Å²) in [6.45, 7) is 5.60. The summed E-state index contributed by atoms with van der Waals surface area (Å²) in [7, 11) is 0. The Labute approximate surface area is 209 Å². The Kier molecular flexibility index (Phi) is 11.7. The van der Waals surface area contributed by atoms with Gasteiger partial charge in [0.2, 0.25) is 17.7 Å². The minimum atomic E-state index is -0.544. The number of aromatic nitrogens is 3. The molecule has 5 nitrogen and oxygen atoms in total. The molecule has 0 radical (unpaired) electrons. The average molecular weight is 482 g/mol. The van der Waals surface area contributed by atoms with Gasteiger partial charge in [-0.15, -0.1) is 0 Å². The van der Waals surface area contributed by atoms with Crippen molar-refractivity contribution in [2.45, 2.75) is 90.9 Å². The summed E-state index contributed by atoms with van der Waals surface area (Å²) < 4.78 is 26.5. The van der Waals surface area contributed by atoms with Gasteiger partial charge in [-0.2, -0.15) is 14.4 Å². The van der Waals surface area contributed by atoms with Crippen molar-refractivity contribution in [2.24, 2.45) is 0 Å². The SMILES string of the molecule is CCCCCCCCOc1ccnc(-c2cccc3c(F)nc(OCCCCCCCC)cc23)n1. The number of halogens is 1. The number of rotatable bonds is 17. The molecule has 3 aromatic rings. The second kappa shape index (κ2) is 15.3. The molecule has 0 aliphatic heterocycles. The van der Waals surface area contributed by atoms with E-state index in [1.54, 1.807) is 30.5 Å². The van der Waals surface area contributed by atoms with Gasteiger partial charge in [0.25, 0.3) is 0 Å². The summed E-state index contributed by atoms with van der Waals surface area (Å²) in [5.74, 6) is 0.794. The van der Waals surface area contributed by atoms with Gasteiger partial charge in [0.15, 0.2) is 5.82 Å². The van der Waals surface area contributed by atoms with E-state index in [9.17, 15) is 4.39 Å². The van der Waals surface area contributed by atoms with Crippen LogP contribution in [0.5, 0.6) is 11.8 Å². The fourth-order valence-corrected chi connectivity index (χ4v) is 4.15. The Bertz CT molecular complexity index is 1030. The van der Waals surface area contributed by atoms with E-state index < -0.39 is 5.95 Å². The van der Waals surface area contributed by atoms with E-state index in [1.165, 1.54) is 51.4 Å². The first kappa shape index (κ1) is 26.8. The van der Waals surface area contributed by atoms with Crippen molar-refractivity contribution in [1.82, 2.24) is 15.0 Å². The maximum Gasteiger partial charge on any atom is 0.224 e. The highest BCUT2D eigenvalue weighted by Crippen LogP contribution is 2.30. The topological polar surface area (TPSA) is 57.1 Å². The molecule has 0 saturated heterocycles. The highest BCUT2D eigenvalue weighted by Gasteiger charge is 2.13. The van der Waals surface area contributed by atoms with E-state index in [-0.39, 0.29) is 0 Å². The number of unbranched alkanes of at least 4 members (excludes halogenated alkanes) is 10. The van der Waals surface area contributed by atoms with Gasteiger partial charge in [-0.3, -0.25) is 0 Å². The summed E-state index contributed by atoms with van der Waals surface area (Å²) in [5, 5.41) is 1.11. The molecule has 0 amide bonds. The zero-order valence-corrected chi connectivity index (χ0v) is 21.4. The van der Waals surface area contributed by atoms with Crippen molar-refractivity contribution < 1.29 is 13.9 Å². The maximum absolute atomic E-state index is 14.8. The van der Waals surface area contributed by atoms with Gasteiger partial charge < -0.3 is 9.47 Å². The van der Waals surface area contributed by atoms with Crippen LogP contribution in [0.3, 0.4) is 0 Å². The smallest absolute Gasteiger partial charge is 0.224 e. The third-order valence-electron chi connectivity index (χ3n) is 6.17. The molecular weight excluding hydrogens is 441 g/mol. The van der Waals surface area contributed by atoms with E-state index in [1.807, 2.05) is 6.07 Å². The van der Waals surface area contributed by atoms with E-state index in [2.05, 4.69) is 28.8 Å². The monoisotopic (exact) mass is 481 g/mol. The normalized spacial score (nSPS) is 11.2. The van der Waals surface area contributed by atoms with Crippen molar-refractivity contribution >= 4 is 10.8 Å². The molecule has 0 bridgehead atoms. The molecule has 0 aliphatic carbocycles. The first-order valence-corrected chi connectivity index (χ1v) is 13.4. The quantitative estimate of drug-likeness (QED) is 0.143. The Morgan fingerprint density at radius 1 is 0.686 bits per heavy atom. The zero-order chi connectivity index (χ0) is 24.7. The first-order valence-electron chi connectivity index (χ1n) is 13.4. The molecule has 0 N–H and O–H groups in total. The van der Waals surface area contributed by atoms with E-state index in [0.29, 0.717) is 41.6 Å². The fraction of sp³-hybridized carbons (Fsp3) is 0.552. The second-order valence-electron chi connectivity index (χ2n) is 9.10. The molecule has 1 aromatic carbocycles. The van der Waals surface area contributed by atoms with Gasteiger partial charge in [0, 0.05) is 34.7 Å². The molecular formula is C29H40FN3O2. The van der Waals surface area contributed by atoms with Crippen LogP contribution < -0.4 is 9.47 Å². The number of hydrogen-bond acceptors (Lipinski definition) is 5. The number of nitrogens with zero attached hydrogens (tertiary/aromatic N) is 3. The molecule has 0 unspecified atom stereocenters. The lowest BCUT2D eigenvalue weighted by Crippen LogP contribution is -2.02. The molecule has 0 spiro atoms. The van der Waals surface area contributed by atoms with E-state index in [0.717, 1.165) is 31.2 Å². The number of benzene rings is 1. The minimum absolute atomic E-state index is 0.298. The standard InChI is InChI=1S/C29H40FN3O2/c1-3-5-7-9-11-13-20-34-26-18-19-31-29(33-26)24-17-15-16-23-25(24)22-27(32-28(23)30)35-21-14-12-10-8-6-4-2/h15-19,22H,3-14,20-21H2,1-2H3. The lowest BCUT2D eigenvalue weighted by molar-refractivity contribution is 0.290. The van der Waals surface area contributed by atoms with Crippen LogP contribution in [0.4, 0.5) is 4.39 Å². The van der Waals surface area contributed by atoms with Gasteiger partial charge in [0.05, 0.1) is 13.2 Å². The Hall–Kier alpha value is -2.76. The highest BCUT2D eigenvalue weighted by molar-refractivity contribution is 5.95. The highest BCUT2D eigenvalue weighted by atomic mass is 19.1. The Morgan fingerprint density at radius 2 is 1.31 bits per heavy atom. The third-order valence-corrected chi connectivity index (χ3v) is 6.17. The summed E-state index contributed by atoms with van der Waals surface area (Å²) in [5.41, 5.74) is 0.734. The van der Waals surface area contributed by atoms with Gasteiger partial charge in [0.1, 0.15) is 0 Å². The first-order chi connectivity index (χ1) is 17.2. The number of hydrogen-bond donors (Lipinski definition) is 0. The fourth-order valence-electron chi connectivity index (χ4n) is 4.15. The van der Waals surface area contributed by atoms with E-state index >= 15 is 0 Å². The van der Waals surface area contributed by atoms with Crippen molar-refractivity contribution in [1.29, 1.82) is 0 Å². The summed E-state index contributed by atoms with van der Waals surface area (Å²) in [4.78, 5) is 13.1. The molecule has 190 valence electrons. The van der Waals surface area contributed by atoms with Crippen LogP contribution in [-0.4, -0.2) is 28.2 Å². The van der Waals surface area contributed by atoms with Crippen LogP contribution >= 0.6 is 0 Å². The molecule has 0 saturated carbocycles. The summed E-state index contributed by atoms with van der Waals surface area (Å²) >= 11 is 0. The predicted molar refractivity (Wildman–Crippen MR) is 140 cm³/mol. The molecule has 0 fully saturated rings. The van der Waals surface area contributed by atoms with Crippen molar-refractivity contribution in [3.8, 4) is 23.1 Å². The van der Waals surface area contributed by atoms with Crippen LogP contribution in [0.1, 0.15) is 90.9 Å². The lowest BCUT2D eigenvalue weighted by Gasteiger charge is -2.11. The lowest BCUT2D eigenvalue weighted by atomic mass is 10.1. The second-order valence-corrected chi connectivity index (χ2v) is 9.10. The van der Waals surface area contributed by atoms with Gasteiger partial charge in [-0.05, 0) is 18.9 Å². The minimum Gasteiger partial charge on any atom is -0.478 e. The van der Waals surface area contributed by atoms with Gasteiger partial charge >= 0.3 is 0 Å². The molecule has 3 rings (SSSR count). The Morgan fingerprint density at radius 3 is 2.00 bits per heavy atom. The number of pyridine rings is 1. The van der Waals surface area contributed by atoms with E-state index in [4.69, 9.17) is 9.47 Å². The van der Waals surface area contributed by atoms with Crippen molar-refractivity contribution in [2.75, 3.05) is 13.2 Å². The van der Waals surface area contributed by atoms with Gasteiger partial charge in [-0.1, -0.05) is 90.2 Å². The molecule has 2 heterocycles. The Balaban J connectivity index is 1.64. The maximum atomic E-state index is 14.8. The molecule has 0 aliphatic rings. The van der Waals surface area contributed by atoms with Crippen LogP contribution in [0.25, 0.3) is 22.2 Å². The number of fused-ring (bicyclic) bond motifs is 1. The molecule has 2 aromatic heterocycles. The van der Waals surface area contributed by atoms with Crippen molar-refractivity contribution in [3.05, 3.63) is 42.5 Å². The number of ether oxygens (including phenoxy) is 2. The van der Waals surface area contributed by atoms with Crippen LogP contribution in [-0.2, 0) is 0 Å². The predicted octanol–water partition coefficient (Wildman–Crippen LogP) is 8.31. The van der Waals surface area contributed by atoms with Crippen LogP contribution in [0.15, 0.2) is 36.5 Å². The molecule has 0 atom stereocenters. The summed E-state index contributed by atoms with van der Waals surface area (Å²) in [6.07, 6.45) is 15.9. The average Bonchev–Trinajstić information content (AvgIpc) is 2.87. The zero-order valence-electron chi connectivity index (χ0n) is 21.4. The van der Waals surface area contributed by atoms with Gasteiger partial charge in [-0.25, -0.2) is 4.98 Å². The van der Waals surface area contributed by atoms with Crippen LogP contribution in [0.2, 0.25) is 0 Å². The molecule has 6 heteroatoms. The summed E-state index contributed by atoms with van der Waals surface area (Å²) in [6, 6.07) is 8.97. The largest absolute Gasteiger partial charge is 0.478 e. The third kappa shape index (κ3) is 8.75. The molecule has 35 heavy (non-hydrogen) atoms.